The highest BCUT2D eigenvalue weighted by atomic mass is 35.5. The minimum absolute atomic E-state index is 0.0792. The predicted molar refractivity (Wildman–Crippen MR) is 97.0 cm³/mol. The lowest BCUT2D eigenvalue weighted by Crippen LogP contribution is -2.28. The highest BCUT2D eigenvalue weighted by Crippen LogP contribution is 2.31. The Balaban J connectivity index is 1.80. The number of amides is 1. The van der Waals surface area contributed by atoms with E-state index in [1.807, 2.05) is 0 Å². The Kier molecular flexibility index (Phi) is 5.88. The molecule has 0 fully saturated rings. The average molecular weight is 414 g/mol. The Morgan fingerprint density at radius 2 is 2.07 bits per heavy atom. The number of hydrogen-bond acceptors (Lipinski definition) is 2. The molecule has 0 saturated heterocycles. The lowest BCUT2D eigenvalue weighted by molar-refractivity contribution is -0.141. The maximum Gasteiger partial charge on any atom is 0.435 e. The van der Waals surface area contributed by atoms with Crippen molar-refractivity contribution >= 4 is 17.5 Å². The van der Waals surface area contributed by atoms with Crippen LogP contribution in [-0.4, -0.2) is 22.2 Å². The molecule has 1 atom stereocenters. The van der Waals surface area contributed by atoms with Crippen LogP contribution < -0.4 is 5.32 Å². The normalized spacial score (nSPS) is 16.8. The van der Waals surface area contributed by atoms with Crippen LogP contribution in [0.2, 0.25) is 5.02 Å². The van der Waals surface area contributed by atoms with Crippen LogP contribution in [0.5, 0.6) is 0 Å². The second kappa shape index (κ2) is 8.18. The third-order valence-corrected chi connectivity index (χ3v) is 4.54. The Hall–Kier alpha value is -2.61. The molecule has 0 aliphatic heterocycles. The fourth-order valence-corrected chi connectivity index (χ4v) is 3.07. The van der Waals surface area contributed by atoms with E-state index in [2.05, 4.69) is 10.4 Å². The average Bonchev–Trinajstić information content (AvgIpc) is 3.08. The van der Waals surface area contributed by atoms with Crippen LogP contribution in [0, 0.1) is 5.92 Å². The lowest BCUT2D eigenvalue weighted by Gasteiger charge is -2.14. The van der Waals surface area contributed by atoms with Gasteiger partial charge in [0.05, 0.1) is 10.7 Å². The van der Waals surface area contributed by atoms with Crippen molar-refractivity contribution < 1.29 is 22.4 Å². The van der Waals surface area contributed by atoms with Crippen molar-refractivity contribution in [2.45, 2.75) is 19.0 Å². The fourth-order valence-electron chi connectivity index (χ4n) is 2.86. The number of carbonyl (C=O) groups is 1. The van der Waals surface area contributed by atoms with Gasteiger partial charge in [0.1, 0.15) is 11.5 Å². The molecule has 3 rings (SSSR count). The molecule has 1 aliphatic carbocycles. The molecule has 4 nitrogen and oxygen atoms in total. The minimum Gasteiger partial charge on any atom is -0.351 e. The van der Waals surface area contributed by atoms with Gasteiger partial charge in [0.25, 0.3) is 5.91 Å². The lowest BCUT2D eigenvalue weighted by atomic mass is 9.97. The van der Waals surface area contributed by atoms with Crippen molar-refractivity contribution in [1.29, 1.82) is 0 Å². The molecule has 9 heteroatoms. The van der Waals surface area contributed by atoms with E-state index in [9.17, 15) is 22.4 Å². The predicted octanol–water partition coefficient (Wildman–Crippen LogP) is 5.09. The summed E-state index contributed by atoms with van der Waals surface area (Å²) in [7, 11) is 0. The molecular formula is C19H16ClF4N3O. The summed E-state index contributed by atoms with van der Waals surface area (Å²) in [5, 5.41) is 6.24. The quantitative estimate of drug-likeness (QED) is 0.694. The third-order valence-electron chi connectivity index (χ3n) is 4.22. The number of halogens is 5. The Morgan fingerprint density at radius 1 is 1.32 bits per heavy atom. The molecule has 1 aliphatic rings. The van der Waals surface area contributed by atoms with Crippen LogP contribution in [0.3, 0.4) is 0 Å². The molecule has 1 amide bonds. The fraction of sp³-hybridized carbons (Fsp3) is 0.263. The highest BCUT2D eigenvalue weighted by Gasteiger charge is 2.36. The summed E-state index contributed by atoms with van der Waals surface area (Å²) in [6.45, 7) is 0.177. The van der Waals surface area contributed by atoms with Gasteiger partial charge in [-0.25, -0.2) is 9.07 Å². The van der Waals surface area contributed by atoms with Crippen LogP contribution in [0.15, 0.2) is 54.4 Å². The summed E-state index contributed by atoms with van der Waals surface area (Å²) in [4.78, 5) is 12.5. The SMILES string of the molecule is O=C(NCCC1C=C(F)C=CC1)c1cc(C(F)(F)F)nn1-c1ccccc1Cl. The van der Waals surface area contributed by atoms with E-state index in [-0.39, 0.29) is 34.7 Å². The van der Waals surface area contributed by atoms with Gasteiger partial charge in [0.15, 0.2) is 5.69 Å². The van der Waals surface area contributed by atoms with E-state index in [1.54, 1.807) is 18.2 Å². The van der Waals surface area contributed by atoms with Gasteiger partial charge in [-0.3, -0.25) is 4.79 Å². The number of rotatable bonds is 5. The zero-order chi connectivity index (χ0) is 20.3. The van der Waals surface area contributed by atoms with Crippen LogP contribution >= 0.6 is 11.6 Å². The Morgan fingerprint density at radius 3 is 2.75 bits per heavy atom. The van der Waals surface area contributed by atoms with Gasteiger partial charge >= 0.3 is 6.18 Å². The Bertz CT molecular complexity index is 934. The van der Waals surface area contributed by atoms with Gasteiger partial charge in [-0.1, -0.05) is 29.8 Å². The van der Waals surface area contributed by atoms with Crippen molar-refractivity contribution in [2.75, 3.05) is 6.54 Å². The molecule has 1 N–H and O–H groups in total. The molecular weight excluding hydrogens is 398 g/mol. The van der Waals surface area contributed by atoms with E-state index in [4.69, 9.17) is 11.6 Å². The van der Waals surface area contributed by atoms with Gasteiger partial charge in [-0.2, -0.15) is 18.3 Å². The monoisotopic (exact) mass is 413 g/mol. The third kappa shape index (κ3) is 4.62. The summed E-state index contributed by atoms with van der Waals surface area (Å²) < 4.78 is 53.4. The number of alkyl halides is 3. The van der Waals surface area contributed by atoms with Gasteiger partial charge in [-0.15, -0.1) is 0 Å². The molecule has 0 spiro atoms. The number of benzene rings is 1. The van der Waals surface area contributed by atoms with Crippen molar-refractivity contribution in [3.63, 3.8) is 0 Å². The van der Waals surface area contributed by atoms with E-state index >= 15 is 0 Å². The summed E-state index contributed by atoms with van der Waals surface area (Å²) in [6.07, 6.45) is 0.912. The number of para-hydroxylation sites is 1. The topological polar surface area (TPSA) is 46.9 Å². The number of nitrogens with zero attached hydrogens (tertiary/aromatic N) is 2. The van der Waals surface area contributed by atoms with Crippen molar-refractivity contribution in [3.8, 4) is 5.69 Å². The first-order chi connectivity index (χ1) is 13.3. The minimum atomic E-state index is -4.71. The van der Waals surface area contributed by atoms with E-state index in [1.165, 1.54) is 24.3 Å². The Labute approximate surface area is 163 Å². The first-order valence-corrected chi connectivity index (χ1v) is 8.87. The largest absolute Gasteiger partial charge is 0.435 e. The molecule has 28 heavy (non-hydrogen) atoms. The van der Waals surface area contributed by atoms with Gasteiger partial charge < -0.3 is 5.32 Å². The first-order valence-electron chi connectivity index (χ1n) is 8.50. The number of allylic oxidation sites excluding steroid dienone is 4. The van der Waals surface area contributed by atoms with Gasteiger partial charge in [-0.05, 0) is 43.0 Å². The maximum atomic E-state index is 13.2. The zero-order valence-electron chi connectivity index (χ0n) is 14.5. The molecule has 148 valence electrons. The number of nitrogens with one attached hydrogen (secondary N) is 1. The second-order valence-corrected chi connectivity index (χ2v) is 6.68. The number of aromatic nitrogens is 2. The first kappa shape index (κ1) is 20.1. The molecule has 1 aromatic heterocycles. The summed E-state index contributed by atoms with van der Waals surface area (Å²) in [5.74, 6) is -1.14. The molecule has 0 saturated carbocycles. The molecule has 0 radical (unpaired) electrons. The van der Waals surface area contributed by atoms with Crippen LogP contribution in [0.1, 0.15) is 29.0 Å². The van der Waals surface area contributed by atoms with Crippen LogP contribution in [0.4, 0.5) is 17.6 Å². The summed E-state index contributed by atoms with van der Waals surface area (Å²) in [5.41, 5.74) is -1.32. The summed E-state index contributed by atoms with van der Waals surface area (Å²) >= 11 is 6.06. The van der Waals surface area contributed by atoms with E-state index < -0.39 is 17.8 Å². The second-order valence-electron chi connectivity index (χ2n) is 6.27. The molecule has 1 aromatic carbocycles. The number of hydrogen-bond donors (Lipinski definition) is 1. The molecule has 2 aromatic rings. The molecule has 1 heterocycles. The van der Waals surface area contributed by atoms with Crippen molar-refractivity contribution in [3.05, 3.63) is 70.8 Å². The maximum absolute atomic E-state index is 13.2. The van der Waals surface area contributed by atoms with Crippen LogP contribution in [-0.2, 0) is 6.18 Å². The van der Waals surface area contributed by atoms with Crippen molar-refractivity contribution in [1.82, 2.24) is 15.1 Å². The number of carbonyl (C=O) groups excluding carboxylic acids is 1. The van der Waals surface area contributed by atoms with Crippen molar-refractivity contribution in [2.24, 2.45) is 5.92 Å². The standard InChI is InChI=1S/C19H16ClF4N3O/c20-14-6-1-2-7-15(14)27-16(11-17(26-27)19(22,23)24)18(28)25-9-8-12-4-3-5-13(21)10-12/h1-3,5-7,10-12H,4,8-9H2,(H,25,28). The smallest absolute Gasteiger partial charge is 0.351 e. The zero-order valence-corrected chi connectivity index (χ0v) is 15.3. The highest BCUT2D eigenvalue weighted by molar-refractivity contribution is 6.32. The van der Waals surface area contributed by atoms with Gasteiger partial charge in [0, 0.05) is 12.6 Å². The van der Waals surface area contributed by atoms with E-state index in [0.29, 0.717) is 18.9 Å². The van der Waals surface area contributed by atoms with Gasteiger partial charge in [0.2, 0.25) is 0 Å². The van der Waals surface area contributed by atoms with E-state index in [0.717, 1.165) is 4.68 Å². The van der Waals surface area contributed by atoms with Crippen LogP contribution in [0.25, 0.3) is 5.69 Å². The summed E-state index contributed by atoms with van der Waals surface area (Å²) in [6, 6.07) is 6.83. The molecule has 1 unspecified atom stereocenters. The molecule has 0 bridgehead atoms.